The maximum atomic E-state index is 10.5. The molecule has 0 spiro atoms. The van der Waals surface area contributed by atoms with E-state index in [2.05, 4.69) is 26.0 Å². The Morgan fingerprint density at radius 1 is 1.40 bits per heavy atom. The molecule has 0 aliphatic rings. The molecule has 0 aliphatic carbocycles. The Kier molecular flexibility index (Phi) is 4.35. The van der Waals surface area contributed by atoms with E-state index >= 15 is 0 Å². The van der Waals surface area contributed by atoms with Crippen molar-refractivity contribution in [2.75, 3.05) is 7.11 Å². The Bertz CT molecular complexity index is 329. The van der Waals surface area contributed by atoms with Crippen LogP contribution >= 0.6 is 0 Å². The first kappa shape index (κ1) is 11.8. The highest BCUT2D eigenvalue weighted by molar-refractivity contribution is 5.58. The van der Waals surface area contributed by atoms with Gasteiger partial charge in [-0.2, -0.15) is 0 Å². The normalized spacial score (nSPS) is 10.4. The summed E-state index contributed by atoms with van der Waals surface area (Å²) in [6, 6.07) is 6.07. The Hall–Kier alpha value is -1.31. The second-order valence-corrected chi connectivity index (χ2v) is 4.11. The molecule has 0 radical (unpaired) electrons. The zero-order chi connectivity index (χ0) is 11.3. The zero-order valence-corrected chi connectivity index (χ0v) is 9.62. The van der Waals surface area contributed by atoms with Crippen LogP contribution in [0.25, 0.3) is 0 Å². The summed E-state index contributed by atoms with van der Waals surface area (Å²) < 4.78 is 5.20. The Morgan fingerprint density at radius 2 is 2.13 bits per heavy atom. The van der Waals surface area contributed by atoms with Gasteiger partial charge in [0.15, 0.2) is 0 Å². The van der Waals surface area contributed by atoms with E-state index in [4.69, 9.17) is 4.74 Å². The van der Waals surface area contributed by atoms with Crippen molar-refractivity contribution in [2.24, 2.45) is 5.92 Å². The SMILES string of the molecule is COc1ccc(CC(C)C)cc1CC=O. The average Bonchev–Trinajstić information content (AvgIpc) is 2.18. The molecule has 1 aromatic rings. The van der Waals surface area contributed by atoms with E-state index < -0.39 is 0 Å². The molecule has 2 heteroatoms. The monoisotopic (exact) mass is 206 g/mol. The van der Waals surface area contributed by atoms with Crippen molar-refractivity contribution in [2.45, 2.75) is 26.7 Å². The Morgan fingerprint density at radius 3 is 2.67 bits per heavy atom. The third-order valence-corrected chi connectivity index (χ3v) is 2.29. The molecular weight excluding hydrogens is 188 g/mol. The highest BCUT2D eigenvalue weighted by Gasteiger charge is 2.05. The van der Waals surface area contributed by atoms with E-state index in [0.717, 1.165) is 24.0 Å². The molecule has 0 bridgehead atoms. The molecule has 82 valence electrons. The second-order valence-electron chi connectivity index (χ2n) is 4.11. The Balaban J connectivity index is 2.93. The first-order valence-electron chi connectivity index (χ1n) is 5.26. The van der Waals surface area contributed by atoms with Crippen molar-refractivity contribution >= 4 is 6.29 Å². The van der Waals surface area contributed by atoms with Crippen molar-refractivity contribution in [3.63, 3.8) is 0 Å². The lowest BCUT2D eigenvalue weighted by Gasteiger charge is -2.10. The fraction of sp³-hybridized carbons (Fsp3) is 0.462. The maximum Gasteiger partial charge on any atom is 0.124 e. The van der Waals surface area contributed by atoms with Gasteiger partial charge in [0.25, 0.3) is 0 Å². The van der Waals surface area contributed by atoms with Crippen LogP contribution in [0.15, 0.2) is 18.2 Å². The summed E-state index contributed by atoms with van der Waals surface area (Å²) in [5.41, 5.74) is 2.24. The molecule has 0 unspecified atom stereocenters. The minimum Gasteiger partial charge on any atom is -0.496 e. The summed E-state index contributed by atoms with van der Waals surface area (Å²) in [6.07, 6.45) is 2.38. The number of methoxy groups -OCH3 is 1. The molecule has 15 heavy (non-hydrogen) atoms. The molecule has 0 atom stereocenters. The highest BCUT2D eigenvalue weighted by Crippen LogP contribution is 2.21. The van der Waals surface area contributed by atoms with Gasteiger partial charge in [-0.25, -0.2) is 0 Å². The second kappa shape index (κ2) is 5.54. The molecule has 0 N–H and O–H groups in total. The van der Waals surface area contributed by atoms with Crippen LogP contribution in [0.1, 0.15) is 25.0 Å². The number of hydrogen-bond donors (Lipinski definition) is 0. The van der Waals surface area contributed by atoms with E-state index in [9.17, 15) is 4.79 Å². The van der Waals surface area contributed by atoms with Crippen molar-refractivity contribution in [3.8, 4) is 5.75 Å². The number of rotatable bonds is 5. The minimum atomic E-state index is 0.426. The largest absolute Gasteiger partial charge is 0.496 e. The average molecular weight is 206 g/mol. The van der Waals surface area contributed by atoms with E-state index in [1.807, 2.05) is 6.07 Å². The summed E-state index contributed by atoms with van der Waals surface area (Å²) in [6.45, 7) is 4.37. The van der Waals surface area contributed by atoms with E-state index in [0.29, 0.717) is 12.3 Å². The quantitative estimate of drug-likeness (QED) is 0.692. The van der Waals surface area contributed by atoms with Crippen LogP contribution in [0.2, 0.25) is 0 Å². The fourth-order valence-corrected chi connectivity index (χ4v) is 1.68. The molecule has 0 aromatic heterocycles. The van der Waals surface area contributed by atoms with E-state index in [1.165, 1.54) is 5.56 Å². The van der Waals surface area contributed by atoms with Crippen molar-refractivity contribution in [1.82, 2.24) is 0 Å². The van der Waals surface area contributed by atoms with Gasteiger partial charge in [0.05, 0.1) is 7.11 Å². The van der Waals surface area contributed by atoms with Crippen molar-refractivity contribution in [1.29, 1.82) is 0 Å². The molecule has 0 heterocycles. The van der Waals surface area contributed by atoms with Crippen LogP contribution in [0.3, 0.4) is 0 Å². The summed E-state index contributed by atoms with van der Waals surface area (Å²) in [5.74, 6) is 1.43. The van der Waals surface area contributed by atoms with Gasteiger partial charge in [-0.1, -0.05) is 26.0 Å². The third kappa shape index (κ3) is 3.39. The van der Waals surface area contributed by atoms with Gasteiger partial charge >= 0.3 is 0 Å². The topological polar surface area (TPSA) is 26.3 Å². The third-order valence-electron chi connectivity index (χ3n) is 2.29. The molecule has 1 aromatic carbocycles. The molecule has 0 saturated heterocycles. The molecule has 2 nitrogen and oxygen atoms in total. The molecular formula is C13H18O2. The maximum absolute atomic E-state index is 10.5. The molecule has 0 amide bonds. The smallest absolute Gasteiger partial charge is 0.124 e. The number of benzene rings is 1. The van der Waals surface area contributed by atoms with Gasteiger partial charge in [0, 0.05) is 12.0 Å². The molecule has 0 aliphatic heterocycles. The highest BCUT2D eigenvalue weighted by atomic mass is 16.5. The molecule has 1 rings (SSSR count). The van der Waals surface area contributed by atoms with Gasteiger partial charge in [-0.05, 0) is 24.0 Å². The minimum absolute atomic E-state index is 0.426. The number of hydrogen-bond acceptors (Lipinski definition) is 2. The predicted molar refractivity (Wildman–Crippen MR) is 61.3 cm³/mol. The summed E-state index contributed by atoms with van der Waals surface area (Å²) in [7, 11) is 1.63. The van der Waals surface area contributed by atoms with Gasteiger partial charge < -0.3 is 9.53 Å². The summed E-state index contributed by atoms with van der Waals surface area (Å²) >= 11 is 0. The van der Waals surface area contributed by atoms with E-state index in [1.54, 1.807) is 7.11 Å². The van der Waals surface area contributed by atoms with Crippen LogP contribution in [0.5, 0.6) is 5.75 Å². The fourth-order valence-electron chi connectivity index (χ4n) is 1.68. The number of carbonyl (C=O) groups is 1. The zero-order valence-electron chi connectivity index (χ0n) is 9.62. The lowest BCUT2D eigenvalue weighted by molar-refractivity contribution is -0.107. The van der Waals surface area contributed by atoms with Crippen molar-refractivity contribution in [3.05, 3.63) is 29.3 Å². The first-order chi connectivity index (χ1) is 7.17. The van der Waals surface area contributed by atoms with Gasteiger partial charge in [-0.15, -0.1) is 0 Å². The van der Waals surface area contributed by atoms with Gasteiger partial charge in [0.1, 0.15) is 12.0 Å². The van der Waals surface area contributed by atoms with Crippen LogP contribution < -0.4 is 4.74 Å². The standard InChI is InChI=1S/C13H18O2/c1-10(2)8-11-4-5-13(15-3)12(9-11)6-7-14/h4-5,7,9-10H,6,8H2,1-3H3. The van der Waals surface area contributed by atoms with Crippen LogP contribution in [-0.2, 0) is 17.6 Å². The summed E-state index contributed by atoms with van der Waals surface area (Å²) in [5, 5.41) is 0. The number of carbonyl (C=O) groups excluding carboxylic acids is 1. The number of ether oxygens (including phenoxy) is 1. The van der Waals surface area contributed by atoms with Gasteiger partial charge in [0.2, 0.25) is 0 Å². The molecule has 0 fully saturated rings. The lowest BCUT2D eigenvalue weighted by atomic mass is 9.99. The van der Waals surface area contributed by atoms with Crippen LogP contribution in [0, 0.1) is 5.92 Å². The lowest BCUT2D eigenvalue weighted by Crippen LogP contribution is -1.98. The molecule has 0 saturated carbocycles. The predicted octanol–water partition coefficient (Wildman–Crippen LogP) is 2.64. The Labute approximate surface area is 91.3 Å². The summed E-state index contributed by atoms with van der Waals surface area (Å²) in [4.78, 5) is 10.5. The van der Waals surface area contributed by atoms with Crippen LogP contribution in [0.4, 0.5) is 0 Å². The first-order valence-corrected chi connectivity index (χ1v) is 5.26. The number of aldehydes is 1. The van der Waals surface area contributed by atoms with Crippen LogP contribution in [-0.4, -0.2) is 13.4 Å². The van der Waals surface area contributed by atoms with Crippen molar-refractivity contribution < 1.29 is 9.53 Å². The van der Waals surface area contributed by atoms with Gasteiger partial charge in [-0.3, -0.25) is 0 Å². The van der Waals surface area contributed by atoms with E-state index in [-0.39, 0.29) is 0 Å².